The average molecular weight is 277 g/mol. The van der Waals surface area contributed by atoms with E-state index in [1.165, 1.54) is 0 Å². The van der Waals surface area contributed by atoms with Crippen molar-refractivity contribution in [3.05, 3.63) is 18.0 Å². The van der Waals surface area contributed by atoms with Crippen LogP contribution in [0.25, 0.3) is 0 Å². The Labute approximate surface area is 122 Å². The van der Waals surface area contributed by atoms with Crippen LogP contribution in [-0.2, 0) is 11.2 Å². The molecule has 0 bridgehead atoms. The zero-order chi connectivity index (χ0) is 14.8. The van der Waals surface area contributed by atoms with Gasteiger partial charge in [-0.15, -0.1) is 0 Å². The number of carbonyl (C=O) groups is 1. The Morgan fingerprint density at radius 1 is 1.45 bits per heavy atom. The minimum absolute atomic E-state index is 0.250. The predicted octanol–water partition coefficient (Wildman–Crippen LogP) is 2.84. The maximum atomic E-state index is 12.7. The summed E-state index contributed by atoms with van der Waals surface area (Å²) in [5.74, 6) is 0.328. The van der Waals surface area contributed by atoms with E-state index in [0.717, 1.165) is 37.8 Å². The van der Waals surface area contributed by atoms with Gasteiger partial charge in [0.25, 0.3) is 0 Å². The molecule has 20 heavy (non-hydrogen) atoms. The molecule has 1 aliphatic carbocycles. The molecule has 0 amide bonds. The lowest BCUT2D eigenvalue weighted by Gasteiger charge is -2.34. The monoisotopic (exact) mass is 277 g/mol. The molecule has 1 saturated carbocycles. The smallest absolute Gasteiger partial charge is 0.159 e. The van der Waals surface area contributed by atoms with Gasteiger partial charge in [0, 0.05) is 12.2 Å². The van der Waals surface area contributed by atoms with Gasteiger partial charge in [0.05, 0.1) is 17.7 Å². The Morgan fingerprint density at radius 2 is 2.10 bits per heavy atom. The van der Waals surface area contributed by atoms with Gasteiger partial charge in [-0.1, -0.05) is 19.8 Å². The highest BCUT2D eigenvalue weighted by molar-refractivity contribution is 5.90. The number of aromatic nitrogens is 2. The molecule has 1 aromatic rings. The topological polar surface area (TPSA) is 38.1 Å². The third kappa shape index (κ3) is 2.80. The molecule has 0 saturated heterocycles. The maximum absolute atomic E-state index is 12.7. The first-order chi connectivity index (χ1) is 9.49. The molecule has 0 radical (unpaired) electrons. The third-order valence-electron chi connectivity index (χ3n) is 4.85. The summed E-state index contributed by atoms with van der Waals surface area (Å²) in [5.41, 5.74) is 0.656. The highest BCUT2D eigenvalue weighted by atomic mass is 16.1. The van der Waals surface area contributed by atoms with Crippen molar-refractivity contribution < 1.29 is 4.79 Å². The maximum Gasteiger partial charge on any atom is 0.159 e. The highest BCUT2D eigenvalue weighted by Gasteiger charge is 2.42. The Hall–Kier alpha value is -1.16. The van der Waals surface area contributed by atoms with Crippen LogP contribution in [0.5, 0.6) is 0 Å². The molecule has 112 valence electrons. The van der Waals surface area contributed by atoms with Crippen molar-refractivity contribution in [3.63, 3.8) is 0 Å². The van der Waals surface area contributed by atoms with E-state index in [1.807, 2.05) is 31.0 Å². The number of carbonyl (C=O) groups excluding carboxylic acids is 1. The van der Waals surface area contributed by atoms with Gasteiger partial charge in [0.1, 0.15) is 0 Å². The number of likely N-dealkylation sites (N-methyl/N-ethyl adjacent to an activating group) is 1. The molecule has 0 aromatic carbocycles. The molecular weight excluding hydrogens is 250 g/mol. The van der Waals surface area contributed by atoms with E-state index >= 15 is 0 Å². The van der Waals surface area contributed by atoms with Crippen molar-refractivity contribution in [2.75, 3.05) is 14.1 Å². The summed E-state index contributed by atoms with van der Waals surface area (Å²) in [6.07, 6.45) is 7.80. The Kier molecular flexibility index (Phi) is 4.63. The molecule has 1 unspecified atom stereocenters. The minimum Gasteiger partial charge on any atom is -0.297 e. The van der Waals surface area contributed by atoms with Crippen LogP contribution < -0.4 is 0 Å². The van der Waals surface area contributed by atoms with E-state index < -0.39 is 0 Å². The zero-order valence-corrected chi connectivity index (χ0v) is 13.2. The number of ketones is 1. The van der Waals surface area contributed by atoms with Crippen molar-refractivity contribution in [2.45, 2.75) is 64.0 Å². The minimum atomic E-state index is -0.250. The number of rotatable bonds is 6. The van der Waals surface area contributed by atoms with Gasteiger partial charge in [-0.25, -0.2) is 0 Å². The standard InChI is InChI=1S/C16H27N3O/c1-5-13(2)19-11-8-14(17-19)12-15(20)16(18(3)4)9-6-7-10-16/h8,11,13H,5-7,9-10,12H2,1-4H3. The van der Waals surface area contributed by atoms with Gasteiger partial charge in [-0.05, 0) is 46.3 Å². The van der Waals surface area contributed by atoms with Crippen LogP contribution in [0.4, 0.5) is 0 Å². The van der Waals surface area contributed by atoms with Crippen LogP contribution >= 0.6 is 0 Å². The summed E-state index contributed by atoms with van der Waals surface area (Å²) in [6.45, 7) is 4.30. The van der Waals surface area contributed by atoms with E-state index in [-0.39, 0.29) is 5.54 Å². The number of nitrogens with zero attached hydrogens (tertiary/aromatic N) is 3. The first kappa shape index (κ1) is 15.2. The fourth-order valence-corrected chi connectivity index (χ4v) is 3.17. The predicted molar refractivity (Wildman–Crippen MR) is 80.8 cm³/mol. The second kappa shape index (κ2) is 6.08. The van der Waals surface area contributed by atoms with E-state index in [9.17, 15) is 4.79 Å². The van der Waals surface area contributed by atoms with Crippen LogP contribution in [0.1, 0.15) is 57.7 Å². The van der Waals surface area contributed by atoms with Crippen LogP contribution in [0.15, 0.2) is 12.3 Å². The fourth-order valence-electron chi connectivity index (χ4n) is 3.17. The van der Waals surface area contributed by atoms with Crippen LogP contribution in [0.2, 0.25) is 0 Å². The van der Waals surface area contributed by atoms with Gasteiger partial charge in [0.15, 0.2) is 5.78 Å². The average Bonchev–Trinajstić information content (AvgIpc) is 3.07. The molecule has 4 heteroatoms. The Morgan fingerprint density at radius 3 is 2.65 bits per heavy atom. The lowest BCUT2D eigenvalue weighted by atomic mass is 9.88. The van der Waals surface area contributed by atoms with E-state index in [1.54, 1.807) is 0 Å². The van der Waals surface area contributed by atoms with Gasteiger partial charge in [0.2, 0.25) is 0 Å². The lowest BCUT2D eigenvalue weighted by Crippen LogP contribution is -2.49. The van der Waals surface area contributed by atoms with Gasteiger partial charge >= 0.3 is 0 Å². The molecule has 1 aromatic heterocycles. The van der Waals surface area contributed by atoms with Crippen molar-refractivity contribution in [3.8, 4) is 0 Å². The summed E-state index contributed by atoms with van der Waals surface area (Å²) in [5, 5.41) is 4.56. The molecule has 1 atom stereocenters. The van der Waals surface area contributed by atoms with E-state index in [4.69, 9.17) is 0 Å². The Balaban J connectivity index is 2.09. The van der Waals surface area contributed by atoms with Gasteiger partial charge in [-0.3, -0.25) is 14.4 Å². The molecule has 4 nitrogen and oxygen atoms in total. The summed E-state index contributed by atoms with van der Waals surface area (Å²) in [7, 11) is 4.06. The molecule has 1 fully saturated rings. The van der Waals surface area contributed by atoms with Crippen LogP contribution in [0.3, 0.4) is 0 Å². The zero-order valence-electron chi connectivity index (χ0n) is 13.2. The third-order valence-corrected chi connectivity index (χ3v) is 4.85. The SMILES string of the molecule is CCC(C)n1ccc(CC(=O)C2(N(C)C)CCCC2)n1. The fraction of sp³-hybridized carbons (Fsp3) is 0.750. The molecule has 0 spiro atoms. The second-order valence-electron chi connectivity index (χ2n) is 6.28. The second-order valence-corrected chi connectivity index (χ2v) is 6.28. The van der Waals surface area contributed by atoms with Crippen molar-refractivity contribution >= 4 is 5.78 Å². The molecular formula is C16H27N3O. The van der Waals surface area contributed by atoms with E-state index in [0.29, 0.717) is 18.2 Å². The summed E-state index contributed by atoms with van der Waals surface area (Å²) >= 11 is 0. The summed E-state index contributed by atoms with van der Waals surface area (Å²) in [6, 6.07) is 2.38. The summed E-state index contributed by atoms with van der Waals surface area (Å²) in [4.78, 5) is 14.9. The molecule has 1 aliphatic rings. The number of Topliss-reactive ketones (excluding diaryl/α,β-unsaturated/α-hetero) is 1. The Bertz CT molecular complexity index is 458. The van der Waals surface area contributed by atoms with Crippen LogP contribution in [0, 0.1) is 0 Å². The first-order valence-corrected chi connectivity index (χ1v) is 7.74. The molecule has 0 N–H and O–H groups in total. The molecule has 1 heterocycles. The lowest BCUT2D eigenvalue weighted by molar-refractivity contribution is -0.128. The normalized spacial score (nSPS) is 19.4. The number of hydrogen-bond donors (Lipinski definition) is 0. The molecule has 0 aliphatic heterocycles. The van der Waals surface area contributed by atoms with Crippen molar-refractivity contribution in [1.29, 1.82) is 0 Å². The summed E-state index contributed by atoms with van der Waals surface area (Å²) < 4.78 is 1.97. The van der Waals surface area contributed by atoms with Crippen molar-refractivity contribution in [1.82, 2.24) is 14.7 Å². The number of hydrogen-bond acceptors (Lipinski definition) is 3. The largest absolute Gasteiger partial charge is 0.297 e. The molecule has 2 rings (SSSR count). The van der Waals surface area contributed by atoms with Gasteiger partial charge in [-0.2, -0.15) is 5.10 Å². The first-order valence-electron chi connectivity index (χ1n) is 7.74. The quantitative estimate of drug-likeness (QED) is 0.802. The van der Waals surface area contributed by atoms with E-state index in [2.05, 4.69) is 23.8 Å². The van der Waals surface area contributed by atoms with Crippen LogP contribution in [-0.4, -0.2) is 40.1 Å². The van der Waals surface area contributed by atoms with Crippen molar-refractivity contribution in [2.24, 2.45) is 0 Å². The highest BCUT2D eigenvalue weighted by Crippen LogP contribution is 2.35. The van der Waals surface area contributed by atoms with Gasteiger partial charge < -0.3 is 0 Å².